The quantitative estimate of drug-likeness (QED) is 0.147. The van der Waals surface area contributed by atoms with Gasteiger partial charge in [-0.2, -0.15) is 0 Å². The summed E-state index contributed by atoms with van der Waals surface area (Å²) in [7, 11) is 0. The van der Waals surface area contributed by atoms with E-state index in [2.05, 4.69) is 52.9 Å². The molecule has 0 aliphatic heterocycles. The third-order valence-electron chi connectivity index (χ3n) is 3.08. The van der Waals surface area contributed by atoms with Crippen molar-refractivity contribution in [2.45, 2.75) is 39.5 Å². The molecule has 146 valence electrons. The fourth-order valence-electron chi connectivity index (χ4n) is 1.93. The largest absolute Gasteiger partial charge is 0.491 e. The third-order valence-corrected chi connectivity index (χ3v) is 4.60. The first-order chi connectivity index (χ1) is 12.4. The number of rotatable bonds is 12. The molecule has 0 fully saturated rings. The fourth-order valence-corrected chi connectivity index (χ4v) is 3.13. The molecule has 26 heavy (non-hydrogen) atoms. The van der Waals surface area contributed by atoms with E-state index < -0.39 is 0 Å². The van der Waals surface area contributed by atoms with E-state index in [0.717, 1.165) is 39.3 Å². The van der Waals surface area contributed by atoms with Gasteiger partial charge < -0.3 is 14.3 Å². The maximum atomic E-state index is 6.30. The summed E-state index contributed by atoms with van der Waals surface area (Å²) in [5.74, 6) is 1.32. The first-order valence-corrected chi connectivity index (χ1v) is 11.0. The fraction of sp³-hybridized carbons (Fsp3) is 0.500. The molecule has 0 aliphatic carbocycles. The summed E-state index contributed by atoms with van der Waals surface area (Å²) < 4.78 is 13.0. The van der Waals surface area contributed by atoms with E-state index in [9.17, 15) is 0 Å². The van der Waals surface area contributed by atoms with Crippen LogP contribution in [0.3, 0.4) is 0 Å². The van der Waals surface area contributed by atoms with Gasteiger partial charge in [-0.15, -0.1) is 0 Å². The van der Waals surface area contributed by atoms with Gasteiger partial charge in [0.25, 0.3) is 0 Å². The van der Waals surface area contributed by atoms with Crippen molar-refractivity contribution in [3.05, 3.63) is 31.1 Å². The summed E-state index contributed by atoms with van der Waals surface area (Å²) in [6.07, 6.45) is 5.96. The monoisotopic (exact) mass is 573 g/mol. The van der Waals surface area contributed by atoms with Crippen LogP contribution in [0.2, 0.25) is 5.02 Å². The Morgan fingerprint density at radius 3 is 2.38 bits per heavy atom. The zero-order valence-corrected chi connectivity index (χ0v) is 20.4. The lowest BCUT2D eigenvalue weighted by Gasteiger charge is -2.12. The van der Waals surface area contributed by atoms with Crippen LogP contribution in [0.15, 0.2) is 31.2 Å². The minimum Gasteiger partial charge on any atom is -0.491 e. The molecule has 0 amide bonds. The molecule has 0 radical (unpaired) electrons. The number of oxime groups is 1. The van der Waals surface area contributed by atoms with Gasteiger partial charge in [0, 0.05) is 6.07 Å². The third kappa shape index (κ3) is 10.8. The molecule has 0 bridgehead atoms. The van der Waals surface area contributed by atoms with Gasteiger partial charge in [-0.05, 0) is 99.5 Å². The SMILES string of the molecule is CC(C)=NOCCCCCCOc1c(Cl)cc(OCC=C(Br)Br)cc1Br. The van der Waals surface area contributed by atoms with Crippen LogP contribution in [0.5, 0.6) is 11.5 Å². The Hall–Kier alpha value is -0.240. The van der Waals surface area contributed by atoms with Gasteiger partial charge >= 0.3 is 0 Å². The second-order valence-electron chi connectivity index (χ2n) is 5.66. The summed E-state index contributed by atoms with van der Waals surface area (Å²) in [6, 6.07) is 3.61. The molecule has 1 aromatic carbocycles. The van der Waals surface area contributed by atoms with E-state index in [1.807, 2.05) is 26.0 Å². The van der Waals surface area contributed by atoms with Crippen molar-refractivity contribution in [3.8, 4) is 11.5 Å². The minimum atomic E-state index is 0.432. The Balaban J connectivity index is 2.30. The van der Waals surface area contributed by atoms with Gasteiger partial charge in [0.2, 0.25) is 0 Å². The number of ether oxygens (including phenoxy) is 2. The normalized spacial score (nSPS) is 10.2. The topological polar surface area (TPSA) is 40.0 Å². The second kappa shape index (κ2) is 13.9. The Morgan fingerprint density at radius 2 is 1.77 bits per heavy atom. The molecular formula is C18H23Br3ClNO3. The van der Waals surface area contributed by atoms with Gasteiger partial charge in [0.15, 0.2) is 5.75 Å². The number of hydrogen-bond acceptors (Lipinski definition) is 4. The maximum absolute atomic E-state index is 6.30. The molecule has 0 aliphatic rings. The number of benzene rings is 1. The zero-order valence-electron chi connectivity index (χ0n) is 14.9. The highest BCUT2D eigenvalue weighted by Gasteiger charge is 2.10. The number of hydrogen-bond donors (Lipinski definition) is 0. The molecule has 1 rings (SSSR count). The van der Waals surface area contributed by atoms with Crippen LogP contribution in [0, 0.1) is 0 Å². The van der Waals surface area contributed by atoms with E-state index in [4.69, 9.17) is 25.9 Å². The molecule has 0 N–H and O–H groups in total. The van der Waals surface area contributed by atoms with Crippen molar-refractivity contribution in [2.24, 2.45) is 5.16 Å². The lowest BCUT2D eigenvalue weighted by molar-refractivity contribution is 0.139. The Labute approximate surface area is 185 Å². The lowest BCUT2D eigenvalue weighted by atomic mass is 10.2. The first kappa shape index (κ1) is 23.8. The number of halogens is 4. The highest BCUT2D eigenvalue weighted by atomic mass is 79.9. The molecule has 0 saturated carbocycles. The summed E-state index contributed by atoms with van der Waals surface area (Å²) >= 11 is 16.4. The standard InChI is InChI=1S/C18H23Br3ClNO3/c1-13(2)23-26-9-6-4-3-5-8-25-18-15(19)11-14(12-16(18)22)24-10-7-17(20)21/h7,11-12H,3-6,8-10H2,1-2H3. The van der Waals surface area contributed by atoms with E-state index in [-0.39, 0.29) is 0 Å². The average Bonchev–Trinajstić information content (AvgIpc) is 2.54. The predicted molar refractivity (Wildman–Crippen MR) is 119 cm³/mol. The van der Waals surface area contributed by atoms with Crippen molar-refractivity contribution < 1.29 is 14.3 Å². The van der Waals surface area contributed by atoms with Crippen molar-refractivity contribution >= 4 is 65.1 Å². The zero-order chi connectivity index (χ0) is 19.4. The Morgan fingerprint density at radius 1 is 1.08 bits per heavy atom. The van der Waals surface area contributed by atoms with Crippen molar-refractivity contribution in [1.29, 1.82) is 0 Å². The van der Waals surface area contributed by atoms with Crippen LogP contribution in [0.4, 0.5) is 0 Å². The summed E-state index contributed by atoms with van der Waals surface area (Å²) in [4.78, 5) is 5.17. The van der Waals surface area contributed by atoms with Crippen LogP contribution in [0.25, 0.3) is 0 Å². The molecule has 0 saturated heterocycles. The summed E-state index contributed by atoms with van der Waals surface area (Å²) in [6.45, 7) is 5.54. The van der Waals surface area contributed by atoms with Gasteiger partial charge in [-0.3, -0.25) is 0 Å². The van der Waals surface area contributed by atoms with Gasteiger partial charge in [-0.25, -0.2) is 0 Å². The smallest absolute Gasteiger partial charge is 0.152 e. The van der Waals surface area contributed by atoms with Crippen LogP contribution in [-0.2, 0) is 4.84 Å². The molecule has 8 heteroatoms. The van der Waals surface area contributed by atoms with E-state index in [0.29, 0.717) is 36.3 Å². The van der Waals surface area contributed by atoms with Crippen LogP contribution < -0.4 is 9.47 Å². The molecule has 0 heterocycles. The van der Waals surface area contributed by atoms with Gasteiger partial charge in [0.05, 0.1) is 25.2 Å². The highest BCUT2D eigenvalue weighted by Crippen LogP contribution is 2.37. The summed E-state index contributed by atoms with van der Waals surface area (Å²) in [5.41, 5.74) is 0.935. The first-order valence-electron chi connectivity index (χ1n) is 8.29. The molecule has 1 aromatic rings. The van der Waals surface area contributed by atoms with Gasteiger partial charge in [0.1, 0.15) is 19.0 Å². The molecule has 0 atom stereocenters. The molecule has 0 spiro atoms. The van der Waals surface area contributed by atoms with Crippen LogP contribution >= 0.6 is 59.4 Å². The predicted octanol–water partition coefficient (Wildman–Crippen LogP) is 7.46. The number of unbranched alkanes of at least 4 members (excludes halogenated alkanes) is 3. The van der Waals surface area contributed by atoms with Crippen LogP contribution in [0.1, 0.15) is 39.5 Å². The second-order valence-corrected chi connectivity index (χ2v) is 9.69. The molecular weight excluding hydrogens is 553 g/mol. The number of nitrogens with zero attached hydrogens (tertiary/aromatic N) is 1. The van der Waals surface area contributed by atoms with E-state index in [1.54, 1.807) is 6.07 Å². The van der Waals surface area contributed by atoms with Crippen molar-refractivity contribution in [1.82, 2.24) is 0 Å². The van der Waals surface area contributed by atoms with Crippen molar-refractivity contribution in [2.75, 3.05) is 19.8 Å². The highest BCUT2D eigenvalue weighted by molar-refractivity contribution is 9.28. The van der Waals surface area contributed by atoms with Crippen molar-refractivity contribution in [3.63, 3.8) is 0 Å². The molecule has 4 nitrogen and oxygen atoms in total. The Kier molecular flexibility index (Phi) is 12.7. The molecule has 0 unspecified atom stereocenters. The maximum Gasteiger partial charge on any atom is 0.152 e. The summed E-state index contributed by atoms with van der Waals surface area (Å²) in [5, 5.41) is 4.43. The molecule has 0 aromatic heterocycles. The van der Waals surface area contributed by atoms with Gasteiger partial charge in [-0.1, -0.05) is 16.8 Å². The lowest BCUT2D eigenvalue weighted by Crippen LogP contribution is -2.00. The Bertz CT molecular complexity index is 593. The van der Waals surface area contributed by atoms with E-state index >= 15 is 0 Å². The minimum absolute atomic E-state index is 0.432. The van der Waals surface area contributed by atoms with Crippen LogP contribution in [-0.4, -0.2) is 25.5 Å². The average molecular weight is 577 g/mol. The van der Waals surface area contributed by atoms with E-state index in [1.165, 1.54) is 0 Å².